The molecule has 0 bridgehead atoms. The van der Waals surface area contributed by atoms with Gasteiger partial charge in [0.1, 0.15) is 116 Å². The Hall–Kier alpha value is -1.67. The Morgan fingerprint density at radius 3 is 1.58 bits per heavy atom. The molecule has 0 spiro atoms. The number of carbonyl (C=O) groups excluding carboxylic acids is 1. The number of allylic oxidation sites excluding steroid dienone is 1. The summed E-state index contributed by atoms with van der Waals surface area (Å²) in [5.74, 6) is -0.913. The van der Waals surface area contributed by atoms with Gasteiger partial charge in [-0.25, -0.2) is 0 Å². The smallest absolute Gasteiger partial charge is 0.187 e. The minimum atomic E-state index is -1.93. The highest BCUT2D eigenvalue weighted by molar-refractivity contribution is 5.88. The quantitative estimate of drug-likeness (QED) is 0.0518. The molecule has 5 heterocycles. The molecule has 5 saturated heterocycles. The number of Topliss-reactive ketones (excluding diaryl/α,β-unsaturated/α-hetero) is 1. The number of hydrogen-bond acceptors (Lipinski definition) is 28. The van der Waals surface area contributed by atoms with Crippen molar-refractivity contribution < 1.29 is 139 Å². The molecule has 8 fully saturated rings. The van der Waals surface area contributed by atoms with Crippen molar-refractivity contribution in [2.24, 2.45) is 51.2 Å². The van der Waals surface area contributed by atoms with Gasteiger partial charge in [-0.2, -0.15) is 0 Å². The van der Waals surface area contributed by atoms with E-state index < -0.39 is 220 Å². The van der Waals surface area contributed by atoms with Crippen molar-refractivity contribution in [3.8, 4) is 0 Å². The van der Waals surface area contributed by atoms with E-state index in [4.69, 9.17) is 47.4 Å². The molecule has 0 amide bonds. The van der Waals surface area contributed by atoms with Crippen molar-refractivity contribution in [2.45, 2.75) is 279 Å². The van der Waals surface area contributed by atoms with Crippen molar-refractivity contribution in [3.63, 3.8) is 0 Å². The molecule has 3 saturated carbocycles. The van der Waals surface area contributed by atoms with Gasteiger partial charge in [-0.05, 0) is 93.3 Å². The van der Waals surface area contributed by atoms with Gasteiger partial charge in [-0.3, -0.25) is 4.79 Å². The molecule has 0 aromatic carbocycles. The van der Waals surface area contributed by atoms with E-state index in [-0.39, 0.29) is 41.3 Å². The predicted molar refractivity (Wildman–Crippen MR) is 302 cm³/mol. The summed E-state index contributed by atoms with van der Waals surface area (Å²) in [7, 11) is 0. The fraction of sp³-hybridized carbons (Fsp3) is 0.951. The van der Waals surface area contributed by atoms with Gasteiger partial charge in [-0.1, -0.05) is 60.1 Å². The number of hydrogen-bond donors (Lipinski definition) is 17. The molecule has 17 N–H and O–H groups in total. The van der Waals surface area contributed by atoms with Gasteiger partial charge in [0.25, 0.3) is 0 Å². The van der Waals surface area contributed by atoms with Crippen LogP contribution in [0.1, 0.15) is 114 Å². The number of aliphatic hydroxyl groups excluding tert-OH is 16. The first kappa shape index (κ1) is 71.6. The Labute approximate surface area is 518 Å². The van der Waals surface area contributed by atoms with E-state index in [9.17, 15) is 86.8 Å². The van der Waals surface area contributed by atoms with E-state index in [1.165, 1.54) is 20.8 Å². The molecular formula is C61H102O28. The summed E-state index contributed by atoms with van der Waals surface area (Å²) in [6.45, 7) is 14.2. The van der Waals surface area contributed by atoms with E-state index in [1.54, 1.807) is 0 Å². The predicted octanol–water partition coefficient (Wildman–Crippen LogP) is -3.92. The summed E-state index contributed by atoms with van der Waals surface area (Å²) in [6.07, 6.45) is -33.6. The largest absolute Gasteiger partial charge is 0.394 e. The van der Waals surface area contributed by atoms with E-state index in [2.05, 4.69) is 33.8 Å². The summed E-state index contributed by atoms with van der Waals surface area (Å²) in [4.78, 5) is 15.4. The van der Waals surface area contributed by atoms with Gasteiger partial charge in [-0.15, -0.1) is 0 Å². The lowest BCUT2D eigenvalue weighted by Gasteiger charge is -2.65. The van der Waals surface area contributed by atoms with Crippen molar-refractivity contribution >= 4 is 5.78 Å². The average Bonchev–Trinajstić information content (AvgIpc) is 1.66. The van der Waals surface area contributed by atoms with Gasteiger partial charge >= 0.3 is 0 Å². The second-order valence-electron chi connectivity index (χ2n) is 28.9. The molecule has 0 aromatic heterocycles. The van der Waals surface area contributed by atoms with Gasteiger partial charge in [0.05, 0.1) is 56.9 Å². The molecule has 0 aromatic rings. The summed E-state index contributed by atoms with van der Waals surface area (Å²) in [6, 6.07) is 0. The molecule has 28 nitrogen and oxygen atoms in total. The van der Waals surface area contributed by atoms with Crippen LogP contribution in [0.25, 0.3) is 0 Å². The minimum absolute atomic E-state index is 0.0231. The lowest BCUT2D eigenvalue weighted by Crippen LogP contribution is -2.65. The SMILES string of the molecule is C[C@@H]1[C@@H](O)[C@H](OC[C@H]2O[C@@H](O[C@H](CC[C@@H](C)C3CC[C@@]4(C)C5CC=C6C(CC[C@H](O[C@@H]7O[C@H](CO[C@@H]8O[C@H](CO)[C@@H](O)[C@H](O)[C@H]8O)[C@@H](O)[C@H](O)[C@H]7O)C6(C)C)[C@]5(C)C(=O)C[C@]34C)C(C)(C)O)[C@H](O[C@H]3O[C@@H](CO)[C@H](O)[C@@H](O)[C@@H]3O)[C@@H](O)[C@@H]2O)O[C@H](CO)[C@H]1O. The molecule has 0 radical (unpaired) electrons. The highest BCUT2D eigenvalue weighted by Crippen LogP contribution is 2.74. The summed E-state index contributed by atoms with van der Waals surface area (Å²) in [5, 5.41) is 183. The van der Waals surface area contributed by atoms with Crippen LogP contribution in [0.5, 0.6) is 0 Å². The summed E-state index contributed by atoms with van der Waals surface area (Å²) in [5.41, 5.74) is -2.87. The van der Waals surface area contributed by atoms with E-state index in [1.807, 2.05) is 13.8 Å². The number of carbonyl (C=O) groups is 1. The number of ketones is 1. The van der Waals surface area contributed by atoms with Crippen LogP contribution < -0.4 is 0 Å². The minimum Gasteiger partial charge on any atom is -0.394 e. The molecule has 9 aliphatic rings. The molecular weight excluding hydrogens is 1180 g/mol. The highest BCUT2D eigenvalue weighted by Gasteiger charge is 2.71. The Morgan fingerprint density at radius 1 is 0.562 bits per heavy atom. The van der Waals surface area contributed by atoms with Crippen LogP contribution in [0.15, 0.2) is 11.6 Å². The number of rotatable bonds is 20. The Balaban J connectivity index is 0.884. The molecule has 9 rings (SSSR count). The van der Waals surface area contributed by atoms with Crippen LogP contribution in [0.2, 0.25) is 0 Å². The van der Waals surface area contributed by atoms with Crippen LogP contribution >= 0.6 is 0 Å². The average molecular weight is 1280 g/mol. The van der Waals surface area contributed by atoms with E-state index in [0.29, 0.717) is 32.1 Å². The van der Waals surface area contributed by atoms with E-state index >= 15 is 4.79 Å². The number of ether oxygens (including phenoxy) is 10. The Morgan fingerprint density at radius 2 is 1.03 bits per heavy atom. The molecule has 4 aliphatic carbocycles. The molecule has 34 atom stereocenters. The lowest BCUT2D eigenvalue weighted by molar-refractivity contribution is -0.380. The highest BCUT2D eigenvalue weighted by atomic mass is 16.8. The van der Waals surface area contributed by atoms with Crippen LogP contribution in [-0.4, -0.2) is 291 Å². The van der Waals surface area contributed by atoms with Crippen molar-refractivity contribution in [1.82, 2.24) is 0 Å². The maximum absolute atomic E-state index is 15.4. The first-order valence-electron chi connectivity index (χ1n) is 31.7. The van der Waals surface area contributed by atoms with Gasteiger partial charge < -0.3 is 134 Å². The Bertz CT molecular complexity index is 2390. The zero-order valence-corrected chi connectivity index (χ0v) is 52.3. The van der Waals surface area contributed by atoms with Crippen molar-refractivity contribution in [1.29, 1.82) is 0 Å². The van der Waals surface area contributed by atoms with E-state index in [0.717, 1.165) is 18.4 Å². The fourth-order valence-electron chi connectivity index (χ4n) is 16.9. The molecule has 5 aliphatic heterocycles. The fourth-order valence-corrected chi connectivity index (χ4v) is 16.9. The first-order chi connectivity index (χ1) is 41.6. The van der Waals surface area contributed by atoms with Gasteiger partial charge in [0.2, 0.25) is 0 Å². The van der Waals surface area contributed by atoms with Gasteiger partial charge in [0, 0.05) is 23.2 Å². The molecule has 89 heavy (non-hydrogen) atoms. The second kappa shape index (κ2) is 27.4. The van der Waals surface area contributed by atoms with Gasteiger partial charge in [0.15, 0.2) is 31.5 Å². The van der Waals surface area contributed by atoms with Crippen LogP contribution in [0, 0.1) is 51.2 Å². The molecule has 3 unspecified atom stereocenters. The Kier molecular flexibility index (Phi) is 22.1. The normalized spacial score (nSPS) is 51.0. The first-order valence-corrected chi connectivity index (χ1v) is 31.7. The lowest BCUT2D eigenvalue weighted by atomic mass is 9.38. The maximum Gasteiger partial charge on any atom is 0.187 e. The molecule has 28 heteroatoms. The van der Waals surface area contributed by atoms with Crippen LogP contribution in [0.3, 0.4) is 0 Å². The third-order valence-corrected chi connectivity index (χ3v) is 23.0. The summed E-state index contributed by atoms with van der Waals surface area (Å²) < 4.78 is 59.7. The van der Waals surface area contributed by atoms with Crippen molar-refractivity contribution in [3.05, 3.63) is 11.6 Å². The number of fused-ring (bicyclic) bond motifs is 5. The standard InChI is InChI=1S/C61H102O28/c1-24(10-14-37(58(5,6)79)88-56-51(89-55-50(78)45(73)41(69)31(21-64)84-55)47(75)43(71)33(86-56)23-80-52-39(67)25(2)38(66)29(19-62)82-52)26-16-17-59(7)34-13-11-27-28(61(34,9)35(65)18-60(26,59)8)12-15-36(57(27,3)4)87-54-49(77)46(74)42(70)32(85-54)22-81-53-48(76)44(72)40(68)30(20-63)83-53/h11,24-26,28-34,36-56,62-64,66-79H,10,12-23H2,1-9H3/t24-,25+,26?,28?,29-,30-,31+,32-,33-,34?,36+,37-,38+,39-,40-,41+,42-,43-,44+,45-,46+,47+,48-,49-,50+,51-,52-,53-,54+,55-,56+,59+,60-,61+/m1/s1. The monoisotopic (exact) mass is 1280 g/mol. The second-order valence-corrected chi connectivity index (χ2v) is 28.9. The molecule has 514 valence electrons. The topological polar surface area (TPSA) is 453 Å². The third-order valence-electron chi connectivity index (χ3n) is 23.0. The number of aliphatic hydroxyl groups is 17. The maximum atomic E-state index is 15.4. The van der Waals surface area contributed by atoms with Crippen LogP contribution in [-0.2, 0) is 52.2 Å². The summed E-state index contributed by atoms with van der Waals surface area (Å²) >= 11 is 0. The van der Waals surface area contributed by atoms with Crippen LogP contribution in [0.4, 0.5) is 0 Å². The zero-order chi connectivity index (χ0) is 65.5. The van der Waals surface area contributed by atoms with Crippen molar-refractivity contribution in [2.75, 3.05) is 33.0 Å². The third kappa shape index (κ3) is 13.0. The zero-order valence-electron chi connectivity index (χ0n) is 52.3.